The van der Waals surface area contributed by atoms with Gasteiger partial charge in [0, 0.05) is 11.6 Å². The molecule has 0 spiro atoms. The molecule has 0 unspecified atom stereocenters. The lowest BCUT2D eigenvalue weighted by molar-refractivity contribution is 0.104. The maximum absolute atomic E-state index is 12.2. The highest BCUT2D eigenvalue weighted by Crippen LogP contribution is 2.23. The van der Waals surface area contributed by atoms with Crippen LogP contribution in [-0.4, -0.2) is 20.0 Å². The highest BCUT2D eigenvalue weighted by atomic mass is 16.5. The Balaban J connectivity index is 2.24. The van der Waals surface area contributed by atoms with Crippen molar-refractivity contribution in [1.82, 2.24) is 0 Å². The second-order valence-electron chi connectivity index (χ2n) is 4.49. The molecule has 0 aliphatic rings. The summed E-state index contributed by atoms with van der Waals surface area (Å²) in [7, 11) is 3.05. The predicted octanol–water partition coefficient (Wildman–Crippen LogP) is 4.00. The van der Waals surface area contributed by atoms with Crippen LogP contribution in [-0.2, 0) is 0 Å². The maximum Gasteiger partial charge on any atom is 0.186 e. The zero-order valence-corrected chi connectivity index (χ0v) is 12.3. The fraction of sp³-hybridized carbons (Fsp3) is 0.118. The lowest BCUT2D eigenvalue weighted by Gasteiger charge is -2.06. The van der Waals surface area contributed by atoms with Crippen LogP contribution in [0, 0.1) is 4.91 Å². The van der Waals surface area contributed by atoms with E-state index in [2.05, 4.69) is 5.18 Å². The quantitative estimate of drug-likeness (QED) is 0.459. The Morgan fingerprint density at radius 3 is 2.32 bits per heavy atom. The summed E-state index contributed by atoms with van der Waals surface area (Å²) in [5.41, 5.74) is 1.50. The van der Waals surface area contributed by atoms with Crippen molar-refractivity contribution in [3.63, 3.8) is 0 Å². The zero-order valence-electron chi connectivity index (χ0n) is 12.3. The number of carbonyl (C=O) groups excluding carboxylic acids is 1. The first-order chi connectivity index (χ1) is 10.7. The number of carbonyl (C=O) groups is 1. The van der Waals surface area contributed by atoms with Crippen LogP contribution in [0.3, 0.4) is 0 Å². The molecule has 0 bridgehead atoms. The summed E-state index contributed by atoms with van der Waals surface area (Å²) in [5.74, 6) is 0.896. The molecule has 2 aromatic rings. The summed E-state index contributed by atoms with van der Waals surface area (Å²) < 4.78 is 10.3. The first-order valence-corrected chi connectivity index (χ1v) is 6.55. The van der Waals surface area contributed by atoms with Gasteiger partial charge in [-0.2, -0.15) is 0 Å². The van der Waals surface area contributed by atoms with Crippen molar-refractivity contribution in [3.05, 3.63) is 64.6 Å². The Morgan fingerprint density at radius 2 is 1.73 bits per heavy atom. The van der Waals surface area contributed by atoms with Gasteiger partial charge in [0.15, 0.2) is 5.78 Å². The van der Waals surface area contributed by atoms with Crippen LogP contribution < -0.4 is 9.47 Å². The lowest BCUT2D eigenvalue weighted by Crippen LogP contribution is -1.97. The van der Waals surface area contributed by atoms with E-state index in [1.165, 1.54) is 20.3 Å². The fourth-order valence-corrected chi connectivity index (χ4v) is 1.90. The van der Waals surface area contributed by atoms with Gasteiger partial charge in [-0.15, -0.1) is 4.91 Å². The molecule has 0 aromatic heterocycles. The molecule has 0 saturated carbocycles. The number of methoxy groups -OCH3 is 2. The van der Waals surface area contributed by atoms with Gasteiger partial charge in [-0.3, -0.25) is 4.79 Å². The van der Waals surface area contributed by atoms with Gasteiger partial charge in [0.25, 0.3) is 0 Å². The van der Waals surface area contributed by atoms with Crippen LogP contribution in [0.2, 0.25) is 0 Å². The smallest absolute Gasteiger partial charge is 0.186 e. The summed E-state index contributed by atoms with van der Waals surface area (Å²) in [4.78, 5) is 22.7. The summed E-state index contributed by atoms with van der Waals surface area (Å²) in [5, 5.41) is 2.86. The molecule has 0 atom stereocenters. The predicted molar refractivity (Wildman–Crippen MR) is 84.8 cm³/mol. The first-order valence-electron chi connectivity index (χ1n) is 6.55. The molecule has 2 aromatic carbocycles. The number of hydrogen-bond donors (Lipinski definition) is 0. The molecule has 112 valence electrons. The van der Waals surface area contributed by atoms with E-state index < -0.39 is 0 Å². The molecule has 5 heteroatoms. The van der Waals surface area contributed by atoms with Gasteiger partial charge < -0.3 is 9.47 Å². The number of nitroso groups, excluding NO2 is 1. The summed E-state index contributed by atoms with van der Waals surface area (Å²) in [6, 6.07) is 11.7. The summed E-state index contributed by atoms with van der Waals surface area (Å²) in [6.07, 6.45) is 3.06. The van der Waals surface area contributed by atoms with Crippen molar-refractivity contribution in [2.24, 2.45) is 5.18 Å². The molecular formula is C17H15NO4. The standard InChI is InChI=1S/C17H15NO4/c1-21-15-9-13(10-16(11-15)22-2)17(19)7-6-12-4-3-5-14(8-12)18-20/h3-11H,1-2H3. The molecule has 0 fully saturated rings. The number of allylic oxidation sites excluding steroid dienone is 1. The van der Waals surface area contributed by atoms with Crippen molar-refractivity contribution in [2.45, 2.75) is 0 Å². The molecule has 0 amide bonds. The zero-order chi connectivity index (χ0) is 15.9. The number of benzene rings is 2. The van der Waals surface area contributed by atoms with Gasteiger partial charge >= 0.3 is 0 Å². The Labute approximate surface area is 128 Å². The third-order valence-electron chi connectivity index (χ3n) is 3.04. The number of nitrogens with zero attached hydrogens (tertiary/aromatic N) is 1. The van der Waals surface area contributed by atoms with Crippen LogP contribution in [0.25, 0.3) is 6.08 Å². The molecule has 5 nitrogen and oxygen atoms in total. The van der Waals surface area contributed by atoms with E-state index in [1.54, 1.807) is 48.5 Å². The highest BCUT2D eigenvalue weighted by molar-refractivity contribution is 6.07. The molecule has 0 aliphatic heterocycles. The maximum atomic E-state index is 12.2. The van der Waals surface area contributed by atoms with E-state index in [4.69, 9.17) is 9.47 Å². The number of hydrogen-bond acceptors (Lipinski definition) is 5. The van der Waals surface area contributed by atoms with Crippen LogP contribution in [0.15, 0.2) is 53.7 Å². The van der Waals surface area contributed by atoms with Crippen molar-refractivity contribution in [3.8, 4) is 11.5 Å². The first kappa shape index (κ1) is 15.4. The van der Waals surface area contributed by atoms with Gasteiger partial charge in [-0.25, -0.2) is 0 Å². The van der Waals surface area contributed by atoms with Crippen LogP contribution in [0.5, 0.6) is 11.5 Å². The molecule has 0 radical (unpaired) electrons. The Bertz CT molecular complexity index is 700. The highest BCUT2D eigenvalue weighted by Gasteiger charge is 2.07. The van der Waals surface area contributed by atoms with Gasteiger partial charge in [0.1, 0.15) is 17.2 Å². The molecule has 2 rings (SSSR count). The summed E-state index contributed by atoms with van der Waals surface area (Å²) >= 11 is 0. The van der Waals surface area contributed by atoms with E-state index in [9.17, 15) is 9.70 Å². The minimum atomic E-state index is -0.193. The van der Waals surface area contributed by atoms with Gasteiger partial charge in [-0.1, -0.05) is 18.2 Å². The molecular weight excluding hydrogens is 282 g/mol. The second kappa shape index (κ2) is 7.17. The normalized spacial score (nSPS) is 10.5. The van der Waals surface area contributed by atoms with Crippen LogP contribution >= 0.6 is 0 Å². The molecule has 22 heavy (non-hydrogen) atoms. The van der Waals surface area contributed by atoms with Crippen LogP contribution in [0.4, 0.5) is 5.69 Å². The third kappa shape index (κ3) is 3.79. The molecule has 0 aliphatic carbocycles. The Kier molecular flexibility index (Phi) is 5.03. The minimum Gasteiger partial charge on any atom is -0.497 e. The average molecular weight is 297 g/mol. The van der Waals surface area contributed by atoms with Gasteiger partial charge in [0.2, 0.25) is 0 Å². The van der Waals surface area contributed by atoms with E-state index in [1.807, 2.05) is 0 Å². The molecule has 0 heterocycles. The van der Waals surface area contributed by atoms with E-state index in [0.717, 1.165) is 5.56 Å². The average Bonchev–Trinajstić information content (AvgIpc) is 2.59. The topological polar surface area (TPSA) is 65.0 Å². The van der Waals surface area contributed by atoms with Crippen LogP contribution in [0.1, 0.15) is 15.9 Å². The lowest BCUT2D eigenvalue weighted by atomic mass is 10.1. The number of rotatable bonds is 6. The van der Waals surface area contributed by atoms with Crippen molar-refractivity contribution in [2.75, 3.05) is 14.2 Å². The number of ether oxygens (including phenoxy) is 2. The van der Waals surface area contributed by atoms with E-state index in [0.29, 0.717) is 22.7 Å². The van der Waals surface area contributed by atoms with E-state index in [-0.39, 0.29) is 5.78 Å². The Morgan fingerprint density at radius 1 is 1.05 bits per heavy atom. The van der Waals surface area contributed by atoms with E-state index >= 15 is 0 Å². The minimum absolute atomic E-state index is 0.193. The molecule has 0 saturated heterocycles. The monoisotopic (exact) mass is 297 g/mol. The van der Waals surface area contributed by atoms with Gasteiger partial charge in [-0.05, 0) is 41.1 Å². The van der Waals surface area contributed by atoms with Crippen molar-refractivity contribution < 1.29 is 14.3 Å². The third-order valence-corrected chi connectivity index (χ3v) is 3.04. The van der Waals surface area contributed by atoms with Crippen molar-refractivity contribution in [1.29, 1.82) is 0 Å². The van der Waals surface area contributed by atoms with Gasteiger partial charge in [0.05, 0.1) is 14.2 Å². The number of ketones is 1. The Hall–Kier alpha value is -2.95. The fourth-order valence-electron chi connectivity index (χ4n) is 1.90. The SMILES string of the molecule is COc1cc(OC)cc(C(=O)C=Cc2cccc(N=O)c2)c1. The largest absolute Gasteiger partial charge is 0.497 e. The molecule has 0 N–H and O–H groups in total. The summed E-state index contributed by atoms with van der Waals surface area (Å²) in [6.45, 7) is 0. The second-order valence-corrected chi connectivity index (χ2v) is 4.49. The van der Waals surface area contributed by atoms with Crippen molar-refractivity contribution >= 4 is 17.5 Å².